The number of benzene rings is 1. The molecule has 3 amide bonds. The molecule has 30 heavy (non-hydrogen) atoms. The lowest BCUT2D eigenvalue weighted by atomic mass is 9.49. The molecule has 0 spiro atoms. The molecular weight excluding hydrogens is 378 g/mol. The number of carbonyl (C=O) groups is 3. The zero-order chi connectivity index (χ0) is 20.7. The molecule has 6 nitrogen and oxygen atoms in total. The van der Waals surface area contributed by atoms with Crippen LogP contribution in [0.1, 0.15) is 57.8 Å². The fraction of sp³-hybridized carbons (Fsp3) is 0.625. The Kier molecular flexibility index (Phi) is 5.03. The lowest BCUT2D eigenvalue weighted by Crippen LogP contribution is -2.53. The van der Waals surface area contributed by atoms with Crippen LogP contribution in [-0.4, -0.2) is 24.3 Å². The van der Waals surface area contributed by atoms with Crippen molar-refractivity contribution in [2.24, 2.45) is 29.1 Å². The van der Waals surface area contributed by atoms with E-state index in [2.05, 4.69) is 16.0 Å². The van der Waals surface area contributed by atoms with Gasteiger partial charge in [-0.1, -0.05) is 0 Å². The number of hydrogen-bond donors (Lipinski definition) is 3. The van der Waals surface area contributed by atoms with E-state index < -0.39 is 0 Å². The van der Waals surface area contributed by atoms with Crippen LogP contribution in [0.4, 0.5) is 11.4 Å². The number of amides is 3. The number of hydrogen-bond acceptors (Lipinski definition) is 3. The van der Waals surface area contributed by atoms with Gasteiger partial charge < -0.3 is 16.0 Å². The molecule has 5 aliphatic carbocycles. The molecule has 0 radical (unpaired) electrons. The van der Waals surface area contributed by atoms with Crippen molar-refractivity contribution in [1.82, 2.24) is 5.32 Å². The van der Waals surface area contributed by atoms with Crippen LogP contribution in [0.15, 0.2) is 24.3 Å². The summed E-state index contributed by atoms with van der Waals surface area (Å²) < 4.78 is 0. The lowest BCUT2D eigenvalue weighted by molar-refractivity contribution is -0.146. The standard InChI is InChI=1S/C24H31N3O3/c28-21(26-19-3-5-20(6-4-19)27-22(29)18-1-2-18)7-8-25-23(30)24-12-15-9-16(13-24)11-17(10-15)14-24/h3-6,15-18H,1-2,7-14H2,(H,25,30)(H,26,28)(H,27,29). The van der Waals surface area contributed by atoms with Crippen LogP contribution < -0.4 is 16.0 Å². The molecule has 5 saturated carbocycles. The third kappa shape index (κ3) is 4.09. The molecule has 6 rings (SSSR count). The number of nitrogens with one attached hydrogen (secondary N) is 3. The molecule has 0 aliphatic heterocycles. The Morgan fingerprint density at radius 3 is 1.90 bits per heavy atom. The van der Waals surface area contributed by atoms with Gasteiger partial charge in [0.05, 0.1) is 0 Å². The van der Waals surface area contributed by atoms with E-state index in [1.54, 1.807) is 24.3 Å². The highest BCUT2D eigenvalue weighted by Crippen LogP contribution is 2.60. The van der Waals surface area contributed by atoms with Crippen LogP contribution in [0.25, 0.3) is 0 Å². The Morgan fingerprint density at radius 2 is 1.37 bits per heavy atom. The van der Waals surface area contributed by atoms with E-state index in [9.17, 15) is 14.4 Å². The smallest absolute Gasteiger partial charge is 0.227 e. The van der Waals surface area contributed by atoms with Crippen molar-refractivity contribution in [3.05, 3.63) is 24.3 Å². The lowest BCUT2D eigenvalue weighted by Gasteiger charge is -2.55. The molecule has 0 aromatic heterocycles. The minimum Gasteiger partial charge on any atom is -0.355 e. The maximum Gasteiger partial charge on any atom is 0.227 e. The number of anilines is 2. The van der Waals surface area contributed by atoms with Crippen molar-refractivity contribution < 1.29 is 14.4 Å². The van der Waals surface area contributed by atoms with Gasteiger partial charge in [0.15, 0.2) is 0 Å². The Bertz CT molecular complexity index is 808. The second-order valence-corrected chi connectivity index (χ2v) is 10.1. The molecule has 1 aromatic carbocycles. The number of rotatable bonds is 7. The summed E-state index contributed by atoms with van der Waals surface area (Å²) >= 11 is 0. The molecule has 0 saturated heterocycles. The van der Waals surface area contributed by atoms with E-state index >= 15 is 0 Å². The number of carbonyl (C=O) groups excluding carboxylic acids is 3. The summed E-state index contributed by atoms with van der Waals surface area (Å²) in [6.45, 7) is 0.377. The average Bonchev–Trinajstić information content (AvgIpc) is 3.54. The highest BCUT2D eigenvalue weighted by molar-refractivity contribution is 5.95. The molecule has 0 heterocycles. The van der Waals surface area contributed by atoms with Crippen molar-refractivity contribution in [3.63, 3.8) is 0 Å². The summed E-state index contributed by atoms with van der Waals surface area (Å²) in [4.78, 5) is 37.0. The first kappa shape index (κ1) is 19.6. The van der Waals surface area contributed by atoms with Gasteiger partial charge in [-0.25, -0.2) is 0 Å². The van der Waals surface area contributed by atoms with Crippen molar-refractivity contribution in [1.29, 1.82) is 0 Å². The summed E-state index contributed by atoms with van der Waals surface area (Å²) in [7, 11) is 0. The first-order chi connectivity index (χ1) is 14.5. The largest absolute Gasteiger partial charge is 0.355 e. The van der Waals surface area contributed by atoms with Crippen molar-refractivity contribution in [3.8, 4) is 0 Å². The predicted molar refractivity (Wildman–Crippen MR) is 115 cm³/mol. The second-order valence-electron chi connectivity index (χ2n) is 10.1. The molecule has 5 aliphatic rings. The Balaban J connectivity index is 1.07. The Morgan fingerprint density at radius 1 is 0.833 bits per heavy atom. The van der Waals surface area contributed by atoms with Gasteiger partial charge in [0.2, 0.25) is 17.7 Å². The summed E-state index contributed by atoms with van der Waals surface area (Å²) in [5, 5.41) is 8.81. The SMILES string of the molecule is O=C(CCNC(=O)C12CC3CC(CC(C3)C1)C2)Nc1ccc(NC(=O)C2CC2)cc1. The Labute approximate surface area is 177 Å². The van der Waals surface area contributed by atoms with Gasteiger partial charge in [0.1, 0.15) is 0 Å². The van der Waals surface area contributed by atoms with Crippen molar-refractivity contribution >= 4 is 29.1 Å². The van der Waals surface area contributed by atoms with Crippen LogP contribution in [0.3, 0.4) is 0 Å². The van der Waals surface area contributed by atoms with E-state index in [0.717, 1.165) is 55.5 Å². The van der Waals surface area contributed by atoms with Gasteiger partial charge in [-0.05, 0) is 93.4 Å². The van der Waals surface area contributed by atoms with E-state index in [4.69, 9.17) is 0 Å². The third-order valence-electron chi connectivity index (χ3n) is 7.54. The van der Waals surface area contributed by atoms with Crippen molar-refractivity contribution in [2.45, 2.75) is 57.8 Å². The van der Waals surface area contributed by atoms with E-state index in [1.807, 2.05) is 0 Å². The normalized spacial score (nSPS) is 31.3. The fourth-order valence-electron chi connectivity index (χ4n) is 6.32. The average molecular weight is 410 g/mol. The van der Waals surface area contributed by atoms with Crippen LogP contribution >= 0.6 is 0 Å². The van der Waals surface area contributed by atoms with Gasteiger partial charge in [0, 0.05) is 35.7 Å². The molecule has 0 unspecified atom stereocenters. The zero-order valence-electron chi connectivity index (χ0n) is 17.4. The molecule has 6 heteroatoms. The maximum absolute atomic E-state index is 12.9. The minimum absolute atomic E-state index is 0.0709. The monoisotopic (exact) mass is 409 g/mol. The van der Waals surface area contributed by atoms with Gasteiger partial charge in [0.25, 0.3) is 0 Å². The van der Waals surface area contributed by atoms with Crippen LogP contribution in [-0.2, 0) is 14.4 Å². The maximum atomic E-state index is 12.9. The van der Waals surface area contributed by atoms with E-state index in [1.165, 1.54) is 19.3 Å². The van der Waals surface area contributed by atoms with Crippen LogP contribution in [0.2, 0.25) is 0 Å². The molecular formula is C24H31N3O3. The first-order valence-electron chi connectivity index (χ1n) is 11.5. The fourth-order valence-corrected chi connectivity index (χ4v) is 6.32. The quantitative estimate of drug-likeness (QED) is 0.642. The molecule has 0 atom stereocenters. The van der Waals surface area contributed by atoms with E-state index in [-0.39, 0.29) is 35.5 Å². The predicted octanol–water partition coefficient (Wildman–Crippen LogP) is 3.70. The Hall–Kier alpha value is -2.37. The first-order valence-corrected chi connectivity index (χ1v) is 11.5. The van der Waals surface area contributed by atoms with Gasteiger partial charge >= 0.3 is 0 Å². The summed E-state index contributed by atoms with van der Waals surface area (Å²) in [6, 6.07) is 7.16. The summed E-state index contributed by atoms with van der Waals surface area (Å²) in [5.74, 6) is 2.51. The second kappa shape index (κ2) is 7.71. The highest BCUT2D eigenvalue weighted by Gasteiger charge is 2.54. The van der Waals surface area contributed by atoms with E-state index in [0.29, 0.717) is 12.2 Å². The molecule has 5 fully saturated rings. The van der Waals surface area contributed by atoms with Crippen molar-refractivity contribution in [2.75, 3.05) is 17.2 Å². The molecule has 3 N–H and O–H groups in total. The minimum atomic E-state index is -0.161. The molecule has 160 valence electrons. The highest BCUT2D eigenvalue weighted by atomic mass is 16.2. The third-order valence-corrected chi connectivity index (χ3v) is 7.54. The van der Waals surface area contributed by atoms with Gasteiger partial charge in [-0.3, -0.25) is 14.4 Å². The summed E-state index contributed by atoms with van der Waals surface area (Å²) in [5.41, 5.74) is 1.27. The zero-order valence-corrected chi connectivity index (χ0v) is 17.4. The summed E-state index contributed by atoms with van der Waals surface area (Å²) in [6.07, 6.45) is 9.28. The topological polar surface area (TPSA) is 87.3 Å². The molecule has 4 bridgehead atoms. The van der Waals surface area contributed by atoms with Gasteiger partial charge in [-0.15, -0.1) is 0 Å². The van der Waals surface area contributed by atoms with Crippen LogP contribution in [0, 0.1) is 29.1 Å². The molecule has 1 aromatic rings. The van der Waals surface area contributed by atoms with Crippen LogP contribution in [0.5, 0.6) is 0 Å². The van der Waals surface area contributed by atoms with Gasteiger partial charge in [-0.2, -0.15) is 0 Å².